The number of rotatable bonds is 2. The summed E-state index contributed by atoms with van der Waals surface area (Å²) in [6.45, 7) is 6.09. The van der Waals surface area contributed by atoms with Gasteiger partial charge in [0.25, 0.3) is 0 Å². The Labute approximate surface area is 118 Å². The first kappa shape index (κ1) is 12.9. The van der Waals surface area contributed by atoms with E-state index in [1.165, 1.54) is 5.56 Å². The molecule has 0 saturated heterocycles. The lowest BCUT2D eigenvalue weighted by molar-refractivity contribution is 0.555. The molecule has 3 heteroatoms. The standard InChI is InChI=1S/C17H19N3/c1-11-4-6-12(7-5-11)16-19-14-9-8-13(17(2,3)18)10-15(14)20-16/h4-10H,18H2,1-3H3,(H,19,20). The van der Waals surface area contributed by atoms with Crippen molar-refractivity contribution in [1.82, 2.24) is 9.97 Å². The van der Waals surface area contributed by atoms with Crippen molar-refractivity contribution < 1.29 is 0 Å². The van der Waals surface area contributed by atoms with Gasteiger partial charge in [0.05, 0.1) is 11.0 Å². The van der Waals surface area contributed by atoms with Crippen molar-refractivity contribution in [3.05, 3.63) is 53.6 Å². The number of nitrogens with one attached hydrogen (secondary N) is 1. The maximum Gasteiger partial charge on any atom is 0.138 e. The molecule has 0 aliphatic heterocycles. The van der Waals surface area contributed by atoms with E-state index in [0.717, 1.165) is 28.0 Å². The molecule has 2 aromatic carbocycles. The summed E-state index contributed by atoms with van der Waals surface area (Å²) in [4.78, 5) is 8.02. The summed E-state index contributed by atoms with van der Waals surface area (Å²) in [6, 6.07) is 14.5. The third-order valence-corrected chi connectivity index (χ3v) is 3.55. The molecule has 20 heavy (non-hydrogen) atoms. The van der Waals surface area contributed by atoms with Gasteiger partial charge in [-0.05, 0) is 38.5 Å². The molecule has 0 spiro atoms. The van der Waals surface area contributed by atoms with Crippen molar-refractivity contribution in [1.29, 1.82) is 0 Å². The number of aromatic nitrogens is 2. The van der Waals surface area contributed by atoms with Crippen molar-refractivity contribution in [3.63, 3.8) is 0 Å². The van der Waals surface area contributed by atoms with E-state index >= 15 is 0 Å². The van der Waals surface area contributed by atoms with Gasteiger partial charge in [-0.15, -0.1) is 0 Å². The monoisotopic (exact) mass is 265 g/mol. The molecular formula is C17H19N3. The van der Waals surface area contributed by atoms with Crippen LogP contribution in [0, 0.1) is 6.92 Å². The van der Waals surface area contributed by atoms with Crippen LogP contribution in [0.3, 0.4) is 0 Å². The van der Waals surface area contributed by atoms with Crippen LogP contribution in [0.15, 0.2) is 42.5 Å². The van der Waals surface area contributed by atoms with Gasteiger partial charge in [-0.2, -0.15) is 0 Å². The van der Waals surface area contributed by atoms with Crippen LogP contribution in [0.2, 0.25) is 0 Å². The van der Waals surface area contributed by atoms with Crippen molar-refractivity contribution in [2.24, 2.45) is 5.73 Å². The Morgan fingerprint density at radius 3 is 2.40 bits per heavy atom. The zero-order valence-electron chi connectivity index (χ0n) is 12.1. The zero-order valence-corrected chi connectivity index (χ0v) is 12.1. The van der Waals surface area contributed by atoms with Crippen LogP contribution in [0.1, 0.15) is 25.0 Å². The first-order valence-electron chi connectivity index (χ1n) is 6.80. The highest BCUT2D eigenvalue weighted by Crippen LogP contribution is 2.24. The minimum Gasteiger partial charge on any atom is -0.338 e. The average molecular weight is 265 g/mol. The van der Waals surface area contributed by atoms with Crippen LogP contribution in [-0.4, -0.2) is 9.97 Å². The van der Waals surface area contributed by atoms with Crippen LogP contribution in [-0.2, 0) is 5.54 Å². The van der Waals surface area contributed by atoms with Crippen LogP contribution < -0.4 is 5.73 Å². The highest BCUT2D eigenvalue weighted by atomic mass is 14.9. The van der Waals surface area contributed by atoms with Crippen molar-refractivity contribution >= 4 is 11.0 Å². The fraction of sp³-hybridized carbons (Fsp3) is 0.235. The lowest BCUT2D eigenvalue weighted by Crippen LogP contribution is -2.28. The molecular weight excluding hydrogens is 246 g/mol. The Morgan fingerprint density at radius 2 is 1.75 bits per heavy atom. The number of fused-ring (bicyclic) bond motifs is 1. The van der Waals surface area contributed by atoms with Crippen molar-refractivity contribution in [2.75, 3.05) is 0 Å². The summed E-state index contributed by atoms with van der Waals surface area (Å²) < 4.78 is 0. The highest BCUT2D eigenvalue weighted by molar-refractivity contribution is 5.80. The Balaban J connectivity index is 2.09. The number of hydrogen-bond acceptors (Lipinski definition) is 2. The molecule has 102 valence electrons. The quantitative estimate of drug-likeness (QED) is 0.741. The van der Waals surface area contributed by atoms with Gasteiger partial charge >= 0.3 is 0 Å². The van der Waals surface area contributed by atoms with Gasteiger partial charge < -0.3 is 10.7 Å². The molecule has 3 nitrogen and oxygen atoms in total. The molecule has 0 aliphatic rings. The third-order valence-electron chi connectivity index (χ3n) is 3.55. The molecule has 1 aromatic heterocycles. The number of nitrogens with two attached hydrogens (primary N) is 1. The van der Waals surface area contributed by atoms with Crippen LogP contribution in [0.5, 0.6) is 0 Å². The summed E-state index contributed by atoms with van der Waals surface area (Å²) in [7, 11) is 0. The molecule has 1 heterocycles. The summed E-state index contributed by atoms with van der Waals surface area (Å²) in [5, 5.41) is 0. The van der Waals surface area contributed by atoms with Gasteiger partial charge in [0.1, 0.15) is 5.82 Å². The topological polar surface area (TPSA) is 54.7 Å². The zero-order chi connectivity index (χ0) is 14.3. The minimum absolute atomic E-state index is 0.344. The molecule has 0 unspecified atom stereocenters. The second kappa shape index (κ2) is 4.46. The predicted octanol–water partition coefficient (Wildman–Crippen LogP) is 3.73. The van der Waals surface area contributed by atoms with Gasteiger partial charge in [-0.3, -0.25) is 0 Å². The van der Waals surface area contributed by atoms with E-state index in [1.54, 1.807) is 0 Å². The maximum atomic E-state index is 6.15. The fourth-order valence-electron chi connectivity index (χ4n) is 2.26. The number of aryl methyl sites for hydroxylation is 1. The summed E-state index contributed by atoms with van der Waals surface area (Å²) in [5.74, 6) is 0.895. The first-order chi connectivity index (χ1) is 9.43. The lowest BCUT2D eigenvalue weighted by Gasteiger charge is -2.18. The second-order valence-corrected chi connectivity index (χ2v) is 5.91. The van der Waals surface area contributed by atoms with Crippen molar-refractivity contribution in [3.8, 4) is 11.4 Å². The molecule has 0 fully saturated rings. The van der Waals surface area contributed by atoms with Crippen molar-refractivity contribution in [2.45, 2.75) is 26.3 Å². The second-order valence-electron chi connectivity index (χ2n) is 5.91. The molecule has 0 radical (unpaired) electrons. The minimum atomic E-state index is -0.344. The molecule has 0 aliphatic carbocycles. The largest absolute Gasteiger partial charge is 0.338 e. The van der Waals surface area contributed by atoms with Gasteiger partial charge in [-0.1, -0.05) is 35.9 Å². The molecule has 3 rings (SSSR count). The van der Waals surface area contributed by atoms with E-state index in [9.17, 15) is 0 Å². The number of aromatic amines is 1. The van der Waals surface area contributed by atoms with Gasteiger partial charge in [0, 0.05) is 11.1 Å². The molecule has 0 amide bonds. The van der Waals surface area contributed by atoms with Crippen LogP contribution in [0.25, 0.3) is 22.4 Å². The van der Waals surface area contributed by atoms with E-state index in [0.29, 0.717) is 0 Å². The number of imidazole rings is 1. The Bertz CT molecular complexity index is 746. The molecule has 0 atom stereocenters. The fourth-order valence-corrected chi connectivity index (χ4v) is 2.26. The van der Waals surface area contributed by atoms with E-state index in [1.807, 2.05) is 26.0 Å². The molecule has 3 N–H and O–H groups in total. The number of hydrogen-bond donors (Lipinski definition) is 2. The SMILES string of the molecule is Cc1ccc(-c2nc3ccc(C(C)(C)N)cc3[nH]2)cc1. The average Bonchev–Trinajstić information content (AvgIpc) is 2.81. The first-order valence-corrected chi connectivity index (χ1v) is 6.80. The van der Waals surface area contributed by atoms with Gasteiger partial charge in [0.15, 0.2) is 0 Å². The summed E-state index contributed by atoms with van der Waals surface area (Å²) in [6.07, 6.45) is 0. The highest BCUT2D eigenvalue weighted by Gasteiger charge is 2.15. The predicted molar refractivity (Wildman–Crippen MR) is 83.5 cm³/mol. The van der Waals surface area contributed by atoms with Crippen LogP contribution in [0.4, 0.5) is 0 Å². The lowest BCUT2D eigenvalue weighted by atomic mass is 9.95. The molecule has 0 bridgehead atoms. The van der Waals surface area contributed by atoms with Crippen LogP contribution >= 0.6 is 0 Å². The number of nitrogens with zero attached hydrogens (tertiary/aromatic N) is 1. The molecule has 0 saturated carbocycles. The van der Waals surface area contributed by atoms with E-state index in [2.05, 4.69) is 47.2 Å². The Morgan fingerprint density at radius 1 is 1.05 bits per heavy atom. The van der Waals surface area contributed by atoms with E-state index in [4.69, 9.17) is 5.73 Å². The third kappa shape index (κ3) is 2.32. The normalized spacial score (nSPS) is 12.0. The van der Waals surface area contributed by atoms with E-state index in [-0.39, 0.29) is 5.54 Å². The Kier molecular flexibility index (Phi) is 2.87. The number of benzene rings is 2. The van der Waals surface area contributed by atoms with Gasteiger partial charge in [-0.25, -0.2) is 4.98 Å². The smallest absolute Gasteiger partial charge is 0.138 e. The Hall–Kier alpha value is -2.13. The molecule has 3 aromatic rings. The van der Waals surface area contributed by atoms with E-state index < -0.39 is 0 Å². The maximum absolute atomic E-state index is 6.15. The summed E-state index contributed by atoms with van der Waals surface area (Å²) in [5.41, 5.74) is 11.2. The number of H-pyrrole nitrogens is 1. The van der Waals surface area contributed by atoms with Gasteiger partial charge in [0.2, 0.25) is 0 Å². The summed E-state index contributed by atoms with van der Waals surface area (Å²) >= 11 is 0.